The lowest BCUT2D eigenvalue weighted by molar-refractivity contribution is 0.669. The summed E-state index contributed by atoms with van der Waals surface area (Å²) in [7, 11) is 0. The zero-order chi connectivity index (χ0) is 35.1. The van der Waals surface area contributed by atoms with E-state index in [0.29, 0.717) is 0 Å². The molecule has 0 saturated carbocycles. The molecule has 0 aliphatic heterocycles. The molecule has 0 N–H and O–H groups in total. The van der Waals surface area contributed by atoms with Gasteiger partial charge < -0.3 is 9.32 Å². The minimum absolute atomic E-state index is 0.872. The van der Waals surface area contributed by atoms with E-state index in [1.807, 2.05) is 0 Å². The molecule has 2 nitrogen and oxygen atoms in total. The lowest BCUT2D eigenvalue weighted by Crippen LogP contribution is -2.12. The predicted molar refractivity (Wildman–Crippen MR) is 225 cm³/mol. The van der Waals surface area contributed by atoms with Crippen LogP contribution in [0.5, 0.6) is 0 Å². The van der Waals surface area contributed by atoms with Gasteiger partial charge in [-0.25, -0.2) is 0 Å². The molecule has 53 heavy (non-hydrogen) atoms. The van der Waals surface area contributed by atoms with Gasteiger partial charge in [-0.05, 0) is 110 Å². The van der Waals surface area contributed by atoms with Gasteiger partial charge in [0.1, 0.15) is 11.2 Å². The first-order valence-electron chi connectivity index (χ1n) is 18.2. The highest BCUT2D eigenvalue weighted by Gasteiger charge is 2.20. The average Bonchev–Trinajstić information content (AvgIpc) is 3.37. The number of para-hydroxylation sites is 1. The van der Waals surface area contributed by atoms with Crippen molar-refractivity contribution in [3.8, 4) is 22.3 Å². The van der Waals surface area contributed by atoms with E-state index < -0.39 is 0 Å². The monoisotopic (exact) mass is 677 g/mol. The van der Waals surface area contributed by atoms with Crippen molar-refractivity contribution in [3.63, 3.8) is 0 Å². The second-order valence-corrected chi connectivity index (χ2v) is 13.7. The molecule has 0 bridgehead atoms. The second-order valence-electron chi connectivity index (χ2n) is 13.7. The van der Waals surface area contributed by atoms with Crippen LogP contribution in [0.15, 0.2) is 205 Å². The van der Waals surface area contributed by atoms with Crippen LogP contribution in [0.4, 0.5) is 17.1 Å². The quantitative estimate of drug-likeness (QED) is 0.163. The first kappa shape index (κ1) is 30.9. The molecule has 0 atom stereocenters. The van der Waals surface area contributed by atoms with Crippen LogP contribution in [0.3, 0.4) is 0 Å². The second kappa shape index (κ2) is 13.0. The van der Waals surface area contributed by atoms with Crippen molar-refractivity contribution in [2.45, 2.75) is 6.42 Å². The molecule has 0 amide bonds. The largest absolute Gasteiger partial charge is 0.456 e. The third-order valence-electron chi connectivity index (χ3n) is 10.5. The number of allylic oxidation sites excluding steroid dienone is 6. The van der Waals surface area contributed by atoms with E-state index in [-0.39, 0.29) is 0 Å². The maximum Gasteiger partial charge on any atom is 0.135 e. The summed E-state index contributed by atoms with van der Waals surface area (Å²) in [6.07, 6.45) is 11.9. The van der Waals surface area contributed by atoms with Gasteiger partial charge >= 0.3 is 0 Å². The molecule has 250 valence electrons. The topological polar surface area (TPSA) is 16.4 Å². The Kier molecular flexibility index (Phi) is 7.58. The molecule has 1 heterocycles. The standard InChI is InChI=1S/C51H35NO/c1-2-5-16-36(15-4-1)45-21-10-11-22-49(45)52(42-19-12-18-39(31-42)35-13-6-3-7-14-35)43-28-30-51-48(34-43)47-33-41(27-29-50(47)53-51)40-26-25-38-24-23-37-17-8-9-20-44(37)46(38)32-40/h1-4,6-34H,5H2. The lowest BCUT2D eigenvalue weighted by Gasteiger charge is -2.28. The molecule has 1 aromatic heterocycles. The SMILES string of the molecule is C1=CCC=C(c2ccccc2N(c2cccc(-c3ccccc3)c2)c2ccc3oc4ccc(-c5ccc6ccc7ccccc7c6c5)cc4c3c2)C=C1. The molecule has 0 fully saturated rings. The van der Waals surface area contributed by atoms with Crippen LogP contribution in [0, 0.1) is 0 Å². The Hall–Kier alpha value is -6.90. The number of hydrogen-bond acceptors (Lipinski definition) is 2. The summed E-state index contributed by atoms with van der Waals surface area (Å²) in [6.45, 7) is 0. The maximum absolute atomic E-state index is 6.48. The van der Waals surface area contributed by atoms with Crippen molar-refractivity contribution in [1.29, 1.82) is 0 Å². The molecule has 2 heteroatoms. The Labute approximate surface area is 308 Å². The van der Waals surface area contributed by atoms with Gasteiger partial charge in [0.25, 0.3) is 0 Å². The van der Waals surface area contributed by atoms with Crippen LogP contribution in [0.2, 0.25) is 0 Å². The fourth-order valence-corrected chi connectivity index (χ4v) is 7.84. The third-order valence-corrected chi connectivity index (χ3v) is 10.5. The Morgan fingerprint density at radius 2 is 1.09 bits per heavy atom. The Balaban J connectivity index is 1.15. The summed E-state index contributed by atoms with van der Waals surface area (Å²) in [5.41, 5.74) is 12.1. The summed E-state index contributed by atoms with van der Waals surface area (Å²) >= 11 is 0. The van der Waals surface area contributed by atoms with Crippen LogP contribution in [0.25, 0.3) is 71.3 Å². The Bertz CT molecular complexity index is 2920. The van der Waals surface area contributed by atoms with E-state index >= 15 is 0 Å². The Morgan fingerprint density at radius 3 is 2.00 bits per heavy atom. The van der Waals surface area contributed by atoms with Crippen molar-refractivity contribution in [2.75, 3.05) is 4.90 Å². The molecule has 0 radical (unpaired) electrons. The van der Waals surface area contributed by atoms with Gasteiger partial charge in [-0.2, -0.15) is 0 Å². The van der Waals surface area contributed by atoms with E-state index in [9.17, 15) is 0 Å². The van der Waals surface area contributed by atoms with Gasteiger partial charge in [-0.15, -0.1) is 0 Å². The number of benzene rings is 8. The van der Waals surface area contributed by atoms with E-state index in [1.165, 1.54) is 54.9 Å². The van der Waals surface area contributed by atoms with Gasteiger partial charge in [-0.1, -0.05) is 146 Å². The van der Waals surface area contributed by atoms with Crippen molar-refractivity contribution in [1.82, 2.24) is 0 Å². The van der Waals surface area contributed by atoms with Crippen LogP contribution >= 0.6 is 0 Å². The zero-order valence-corrected chi connectivity index (χ0v) is 29.1. The minimum Gasteiger partial charge on any atom is -0.456 e. The molecule has 9 aromatic rings. The van der Waals surface area contributed by atoms with E-state index in [2.05, 4.69) is 205 Å². The van der Waals surface area contributed by atoms with Gasteiger partial charge in [0, 0.05) is 27.7 Å². The number of anilines is 3. The fourth-order valence-electron chi connectivity index (χ4n) is 7.84. The van der Waals surface area contributed by atoms with E-state index in [1.54, 1.807) is 0 Å². The normalized spacial score (nSPS) is 12.8. The van der Waals surface area contributed by atoms with Crippen molar-refractivity contribution >= 4 is 66.1 Å². The summed E-state index contributed by atoms with van der Waals surface area (Å²) < 4.78 is 6.48. The van der Waals surface area contributed by atoms with Crippen molar-refractivity contribution < 1.29 is 4.42 Å². The van der Waals surface area contributed by atoms with Crippen LogP contribution in [0.1, 0.15) is 12.0 Å². The first-order valence-corrected chi connectivity index (χ1v) is 18.2. The molecule has 0 unspecified atom stereocenters. The molecule has 1 aliphatic carbocycles. The maximum atomic E-state index is 6.48. The Morgan fingerprint density at radius 1 is 0.434 bits per heavy atom. The highest BCUT2D eigenvalue weighted by atomic mass is 16.3. The highest BCUT2D eigenvalue weighted by molar-refractivity contribution is 6.10. The number of fused-ring (bicyclic) bond motifs is 6. The van der Waals surface area contributed by atoms with E-state index in [4.69, 9.17) is 4.42 Å². The predicted octanol–water partition coefficient (Wildman–Crippen LogP) is 14.6. The summed E-state index contributed by atoms with van der Waals surface area (Å²) in [4.78, 5) is 2.39. The van der Waals surface area contributed by atoms with Gasteiger partial charge in [-0.3, -0.25) is 0 Å². The molecule has 10 rings (SSSR count). The average molecular weight is 678 g/mol. The smallest absolute Gasteiger partial charge is 0.135 e. The van der Waals surface area contributed by atoms with Crippen LogP contribution in [-0.2, 0) is 0 Å². The van der Waals surface area contributed by atoms with Gasteiger partial charge in [0.05, 0.1) is 5.69 Å². The molecule has 1 aliphatic rings. The molecular formula is C51H35NO. The number of nitrogens with zero attached hydrogens (tertiary/aromatic N) is 1. The molecule has 0 spiro atoms. The summed E-state index contributed by atoms with van der Waals surface area (Å²) in [5, 5.41) is 7.23. The van der Waals surface area contributed by atoms with Crippen LogP contribution in [-0.4, -0.2) is 0 Å². The lowest BCUT2D eigenvalue weighted by atomic mass is 9.96. The van der Waals surface area contributed by atoms with Gasteiger partial charge in [0.15, 0.2) is 0 Å². The minimum atomic E-state index is 0.872. The zero-order valence-electron chi connectivity index (χ0n) is 29.1. The molecule has 8 aromatic carbocycles. The van der Waals surface area contributed by atoms with E-state index in [0.717, 1.165) is 45.4 Å². The fraction of sp³-hybridized carbons (Fsp3) is 0.0196. The van der Waals surface area contributed by atoms with Gasteiger partial charge in [0.2, 0.25) is 0 Å². The molecular weight excluding hydrogens is 643 g/mol. The number of furan rings is 1. The first-order chi connectivity index (χ1) is 26.3. The van der Waals surface area contributed by atoms with Crippen LogP contribution < -0.4 is 4.90 Å². The third kappa shape index (κ3) is 5.62. The van der Waals surface area contributed by atoms with Crippen molar-refractivity contribution in [2.24, 2.45) is 0 Å². The molecule has 0 saturated heterocycles. The van der Waals surface area contributed by atoms with Crippen molar-refractivity contribution in [3.05, 3.63) is 206 Å². The summed E-state index contributed by atoms with van der Waals surface area (Å²) in [5.74, 6) is 0. The number of rotatable bonds is 6. The summed E-state index contributed by atoms with van der Waals surface area (Å²) in [6, 6.07) is 61.2. The number of hydrogen-bond donors (Lipinski definition) is 0. The highest BCUT2D eigenvalue weighted by Crippen LogP contribution is 2.43.